The van der Waals surface area contributed by atoms with Gasteiger partial charge in [-0.1, -0.05) is 140 Å². The van der Waals surface area contributed by atoms with Gasteiger partial charge < -0.3 is 13.9 Å². The molecule has 60 heavy (non-hydrogen) atoms. The molecule has 1 spiro atoms. The van der Waals surface area contributed by atoms with Crippen molar-refractivity contribution in [3.8, 4) is 16.8 Å². The van der Waals surface area contributed by atoms with Crippen LogP contribution < -0.4 is 4.90 Å². The Kier molecular flexibility index (Phi) is 6.22. The number of hydrogen-bond donors (Lipinski definition) is 0. The number of aromatic nitrogens is 1. The first kappa shape index (κ1) is 32.1. The first-order valence-corrected chi connectivity index (χ1v) is 20.8. The van der Waals surface area contributed by atoms with Crippen LogP contribution in [0.25, 0.3) is 82.1 Å². The van der Waals surface area contributed by atoms with Crippen LogP contribution in [0, 0.1) is 0 Å². The van der Waals surface area contributed by atoms with E-state index in [1.807, 2.05) is 0 Å². The Morgan fingerprint density at radius 3 is 1.87 bits per heavy atom. The fourth-order valence-electron chi connectivity index (χ4n) is 11.2. The Labute approximate surface area is 345 Å². The van der Waals surface area contributed by atoms with Crippen LogP contribution in [0.5, 0.6) is 0 Å². The second-order valence-electron chi connectivity index (χ2n) is 16.4. The van der Waals surface area contributed by atoms with Crippen molar-refractivity contribution in [3.63, 3.8) is 0 Å². The van der Waals surface area contributed by atoms with E-state index in [2.05, 4.69) is 216 Å². The third-order valence-electron chi connectivity index (χ3n) is 13.5. The second-order valence-corrected chi connectivity index (χ2v) is 16.4. The fraction of sp³-hybridized carbons (Fsp3) is 0.0175. The lowest BCUT2D eigenvalue weighted by atomic mass is 9.63. The zero-order chi connectivity index (χ0) is 39.1. The van der Waals surface area contributed by atoms with Gasteiger partial charge >= 0.3 is 0 Å². The van der Waals surface area contributed by atoms with E-state index in [0.717, 1.165) is 44.7 Å². The highest BCUT2D eigenvalue weighted by Crippen LogP contribution is 2.63. The fourth-order valence-corrected chi connectivity index (χ4v) is 11.2. The van der Waals surface area contributed by atoms with Crippen molar-refractivity contribution in [2.24, 2.45) is 0 Å². The minimum absolute atomic E-state index is 0.575. The maximum atomic E-state index is 6.49. The van der Waals surface area contributed by atoms with E-state index >= 15 is 0 Å². The number of fused-ring (bicyclic) bond motifs is 11. The van der Waals surface area contributed by atoms with Gasteiger partial charge in [-0.15, -0.1) is 0 Å². The summed E-state index contributed by atoms with van der Waals surface area (Å²) in [7, 11) is 0. The Balaban J connectivity index is 1.16. The second kappa shape index (κ2) is 11.6. The Morgan fingerprint density at radius 1 is 0.367 bits per heavy atom. The molecule has 12 aromatic rings. The average Bonchev–Trinajstić information content (AvgIpc) is 3.96. The maximum absolute atomic E-state index is 6.49. The first-order chi connectivity index (χ1) is 29.8. The molecule has 0 N–H and O–H groups in total. The summed E-state index contributed by atoms with van der Waals surface area (Å²) in [4.78, 5) is 2.44. The van der Waals surface area contributed by atoms with Crippen molar-refractivity contribution in [1.29, 1.82) is 0 Å². The van der Waals surface area contributed by atoms with Gasteiger partial charge in [0.05, 0.1) is 27.5 Å². The Hall–Kier alpha value is -7.88. The van der Waals surface area contributed by atoms with Crippen molar-refractivity contribution >= 4 is 82.4 Å². The van der Waals surface area contributed by atoms with Gasteiger partial charge in [0.1, 0.15) is 11.2 Å². The predicted octanol–water partition coefficient (Wildman–Crippen LogP) is 15.1. The number of nitrogens with zero attached hydrogens (tertiary/aromatic N) is 2. The maximum Gasteiger partial charge on any atom is 0.137 e. The molecule has 2 aliphatic carbocycles. The van der Waals surface area contributed by atoms with Crippen molar-refractivity contribution < 1.29 is 4.42 Å². The molecule has 278 valence electrons. The summed E-state index contributed by atoms with van der Waals surface area (Å²) in [6.45, 7) is 0. The van der Waals surface area contributed by atoms with Crippen LogP contribution in [0.4, 0.5) is 17.1 Å². The number of benzene rings is 10. The summed E-state index contributed by atoms with van der Waals surface area (Å²) in [6.07, 6.45) is 0. The van der Waals surface area contributed by atoms with Crippen molar-refractivity contribution in [3.05, 3.63) is 229 Å². The third-order valence-corrected chi connectivity index (χ3v) is 13.5. The highest BCUT2D eigenvalue weighted by Gasteiger charge is 2.50. The SMILES string of the molecule is c1ccc(N(c2ccc3ccccc3c2)c2cc3c4c(ccc5c4c4c(cccc4n5-c4cccc5oc6ccccc6c45)C34c3ccccc3-c3ccccc34)c2)cc1. The molecule has 2 heterocycles. The van der Waals surface area contributed by atoms with Gasteiger partial charge in [-0.2, -0.15) is 0 Å². The molecular formula is C57H34N2O. The molecule has 3 heteroatoms. The van der Waals surface area contributed by atoms with Gasteiger partial charge in [-0.3, -0.25) is 0 Å². The van der Waals surface area contributed by atoms with Crippen molar-refractivity contribution in [2.45, 2.75) is 5.41 Å². The minimum atomic E-state index is -0.575. The molecule has 0 unspecified atom stereocenters. The minimum Gasteiger partial charge on any atom is -0.456 e. The highest BCUT2D eigenvalue weighted by atomic mass is 16.3. The standard InChI is InChI=1S/C57H34N2O/c1-2-16-38(17-3-1)58(39-30-28-35-14-4-5-15-36(35)32-39)40-33-37-29-31-50-56-53(37)47(34-40)57(44-21-9-6-18-41(44)42-19-7-10-22-45(42)57)46-23-12-24-49(55(46)56)59(50)48-25-13-27-52-54(48)43-20-8-11-26-51(43)60-52/h1-34H. The third kappa shape index (κ3) is 3.99. The quantitative estimate of drug-likeness (QED) is 0.178. The summed E-state index contributed by atoms with van der Waals surface area (Å²) in [6, 6.07) is 76.2. The number of para-hydroxylation sites is 2. The number of hydrogen-bond acceptors (Lipinski definition) is 2. The molecule has 0 radical (unpaired) electrons. The highest BCUT2D eigenvalue weighted by molar-refractivity contribution is 6.27. The molecule has 0 fully saturated rings. The summed E-state index contributed by atoms with van der Waals surface area (Å²) in [5, 5.41) is 9.84. The molecule has 14 rings (SSSR count). The zero-order valence-electron chi connectivity index (χ0n) is 32.4. The molecule has 0 amide bonds. The predicted molar refractivity (Wildman–Crippen MR) is 249 cm³/mol. The van der Waals surface area contributed by atoms with E-state index in [0.29, 0.717) is 0 Å². The lowest BCUT2D eigenvalue weighted by Crippen LogP contribution is -2.31. The lowest BCUT2D eigenvalue weighted by molar-refractivity contribution is 0.669. The van der Waals surface area contributed by atoms with Gasteiger partial charge in [0.15, 0.2) is 0 Å². The van der Waals surface area contributed by atoms with E-state index in [1.54, 1.807) is 0 Å². The smallest absolute Gasteiger partial charge is 0.137 e. The number of anilines is 3. The largest absolute Gasteiger partial charge is 0.456 e. The van der Waals surface area contributed by atoms with Crippen LogP contribution in [0.15, 0.2) is 211 Å². The molecule has 0 aliphatic heterocycles. The Bertz CT molecular complexity index is 3750. The van der Waals surface area contributed by atoms with Crippen LogP contribution in [-0.4, -0.2) is 4.57 Å². The van der Waals surface area contributed by atoms with Crippen LogP contribution in [0.2, 0.25) is 0 Å². The molecule has 0 atom stereocenters. The summed E-state index contributed by atoms with van der Waals surface area (Å²) in [5.41, 5.74) is 16.0. The lowest BCUT2D eigenvalue weighted by Gasteiger charge is -2.39. The molecule has 3 nitrogen and oxygen atoms in total. The molecule has 10 aromatic carbocycles. The van der Waals surface area contributed by atoms with Crippen molar-refractivity contribution in [1.82, 2.24) is 4.57 Å². The topological polar surface area (TPSA) is 21.3 Å². The van der Waals surface area contributed by atoms with Gasteiger partial charge in [0, 0.05) is 33.2 Å². The zero-order valence-corrected chi connectivity index (χ0v) is 32.4. The van der Waals surface area contributed by atoms with E-state index in [-0.39, 0.29) is 0 Å². The van der Waals surface area contributed by atoms with E-state index < -0.39 is 5.41 Å². The summed E-state index contributed by atoms with van der Waals surface area (Å²) >= 11 is 0. The summed E-state index contributed by atoms with van der Waals surface area (Å²) in [5.74, 6) is 0. The van der Waals surface area contributed by atoms with Gasteiger partial charge in [0.25, 0.3) is 0 Å². The van der Waals surface area contributed by atoms with Gasteiger partial charge in [-0.25, -0.2) is 0 Å². The van der Waals surface area contributed by atoms with Crippen LogP contribution in [0.1, 0.15) is 22.3 Å². The molecule has 0 bridgehead atoms. The monoisotopic (exact) mass is 762 g/mol. The average molecular weight is 763 g/mol. The number of rotatable bonds is 4. The molecule has 0 saturated carbocycles. The van der Waals surface area contributed by atoms with E-state index in [1.165, 1.54) is 76.7 Å². The summed E-state index contributed by atoms with van der Waals surface area (Å²) < 4.78 is 8.99. The number of furan rings is 1. The normalized spacial score (nSPS) is 13.5. The molecular weight excluding hydrogens is 729 g/mol. The molecule has 2 aliphatic rings. The Morgan fingerprint density at radius 2 is 1.02 bits per heavy atom. The van der Waals surface area contributed by atoms with Gasteiger partial charge in [-0.05, 0) is 122 Å². The van der Waals surface area contributed by atoms with Crippen LogP contribution >= 0.6 is 0 Å². The van der Waals surface area contributed by atoms with Gasteiger partial charge in [0.2, 0.25) is 0 Å². The van der Waals surface area contributed by atoms with Crippen LogP contribution in [-0.2, 0) is 5.41 Å². The van der Waals surface area contributed by atoms with E-state index in [4.69, 9.17) is 4.42 Å². The van der Waals surface area contributed by atoms with Crippen LogP contribution in [0.3, 0.4) is 0 Å². The van der Waals surface area contributed by atoms with E-state index in [9.17, 15) is 0 Å². The molecule has 0 saturated heterocycles. The van der Waals surface area contributed by atoms with Crippen molar-refractivity contribution in [2.75, 3.05) is 4.90 Å². The first-order valence-electron chi connectivity index (χ1n) is 20.8. The molecule has 2 aromatic heterocycles.